The minimum absolute atomic E-state index is 0.00287. The van der Waals surface area contributed by atoms with E-state index in [0.717, 1.165) is 11.1 Å². The van der Waals surface area contributed by atoms with Crippen molar-refractivity contribution in [2.75, 3.05) is 7.11 Å². The van der Waals surface area contributed by atoms with E-state index in [0.29, 0.717) is 11.8 Å². The topological polar surface area (TPSA) is 68.2 Å². The van der Waals surface area contributed by atoms with Gasteiger partial charge >= 0.3 is 5.69 Å². The number of hydrogen-bond donors (Lipinski definition) is 1. The van der Waals surface area contributed by atoms with Crippen molar-refractivity contribution in [3.05, 3.63) is 46.7 Å². The highest BCUT2D eigenvalue weighted by molar-refractivity contribution is 5.94. The number of aromatic amines is 1. The predicted octanol–water partition coefficient (Wildman–Crippen LogP) is 2.81. The van der Waals surface area contributed by atoms with Crippen LogP contribution < -0.4 is 4.74 Å². The van der Waals surface area contributed by atoms with Crippen molar-refractivity contribution in [3.63, 3.8) is 0 Å². The van der Waals surface area contributed by atoms with Crippen LogP contribution in [0.25, 0.3) is 10.9 Å². The third kappa shape index (κ3) is 1.75. The van der Waals surface area contributed by atoms with Crippen LogP contribution in [0, 0.1) is 10.1 Å². The number of hydrogen-bond acceptors (Lipinski definition) is 3. The van der Waals surface area contributed by atoms with Crippen LogP contribution in [0.1, 0.15) is 5.56 Å². The van der Waals surface area contributed by atoms with E-state index in [4.69, 9.17) is 4.74 Å². The molecule has 17 heavy (non-hydrogen) atoms. The van der Waals surface area contributed by atoms with Gasteiger partial charge in [-0.15, -0.1) is 6.58 Å². The molecule has 1 aromatic heterocycles. The van der Waals surface area contributed by atoms with Crippen molar-refractivity contribution in [1.82, 2.24) is 4.98 Å². The molecule has 1 heterocycles. The maximum Gasteiger partial charge on any atom is 0.320 e. The lowest BCUT2D eigenvalue weighted by atomic mass is 10.1. The zero-order chi connectivity index (χ0) is 12.4. The third-order valence-corrected chi connectivity index (χ3v) is 2.63. The highest BCUT2D eigenvalue weighted by Crippen LogP contribution is 2.37. The Morgan fingerprint density at radius 3 is 2.94 bits per heavy atom. The largest absolute Gasteiger partial charge is 0.490 e. The molecule has 0 saturated heterocycles. The lowest BCUT2D eigenvalue weighted by Gasteiger charge is -2.03. The first-order valence-corrected chi connectivity index (χ1v) is 5.11. The predicted molar refractivity (Wildman–Crippen MR) is 65.4 cm³/mol. The number of nitro benzene ring substituents is 1. The van der Waals surface area contributed by atoms with Crippen LogP contribution in [0.4, 0.5) is 5.69 Å². The lowest BCUT2D eigenvalue weighted by Crippen LogP contribution is -1.95. The number of rotatable bonds is 4. The van der Waals surface area contributed by atoms with E-state index in [1.807, 2.05) is 0 Å². The number of nitrogens with one attached hydrogen (secondary N) is 1. The first-order chi connectivity index (χ1) is 8.19. The summed E-state index contributed by atoms with van der Waals surface area (Å²) in [7, 11) is 1.42. The molecule has 0 atom stereocenters. The molecule has 2 aromatic rings. The lowest BCUT2D eigenvalue weighted by molar-refractivity contribution is -0.384. The number of H-pyrrole nitrogens is 1. The van der Waals surface area contributed by atoms with Gasteiger partial charge in [-0.3, -0.25) is 10.1 Å². The Hall–Kier alpha value is -2.30. The van der Waals surface area contributed by atoms with E-state index in [-0.39, 0.29) is 11.4 Å². The Labute approximate surface area is 97.9 Å². The van der Waals surface area contributed by atoms with Crippen LogP contribution in [0.5, 0.6) is 5.75 Å². The molecule has 5 nitrogen and oxygen atoms in total. The van der Waals surface area contributed by atoms with Gasteiger partial charge in [-0.1, -0.05) is 6.08 Å². The smallest absolute Gasteiger partial charge is 0.320 e. The van der Waals surface area contributed by atoms with E-state index in [1.165, 1.54) is 7.11 Å². The van der Waals surface area contributed by atoms with Crippen molar-refractivity contribution in [2.45, 2.75) is 6.42 Å². The Bertz CT molecular complexity index is 587. The van der Waals surface area contributed by atoms with Crippen molar-refractivity contribution in [3.8, 4) is 5.75 Å². The third-order valence-electron chi connectivity index (χ3n) is 2.63. The molecule has 0 fully saturated rings. The fraction of sp³-hybridized carbons (Fsp3) is 0.167. The normalized spacial score (nSPS) is 10.4. The van der Waals surface area contributed by atoms with Gasteiger partial charge in [-0.25, -0.2) is 0 Å². The monoisotopic (exact) mass is 232 g/mol. The van der Waals surface area contributed by atoms with Crippen molar-refractivity contribution in [2.24, 2.45) is 0 Å². The summed E-state index contributed by atoms with van der Waals surface area (Å²) in [6.45, 7) is 3.64. The molecule has 0 amide bonds. The Morgan fingerprint density at radius 2 is 2.35 bits per heavy atom. The molecule has 1 aromatic carbocycles. The first-order valence-electron chi connectivity index (χ1n) is 5.11. The van der Waals surface area contributed by atoms with Crippen molar-refractivity contribution in [1.29, 1.82) is 0 Å². The van der Waals surface area contributed by atoms with Gasteiger partial charge in [0.15, 0.2) is 5.75 Å². The standard InChI is InChI=1S/C12H12N2O3/c1-3-4-8-7-13-9-5-6-10(17-2)12(11(8)9)14(15)16/h3,5-7,13H,1,4H2,2H3. The molecule has 5 heteroatoms. The number of fused-ring (bicyclic) bond motifs is 1. The van der Waals surface area contributed by atoms with Crippen LogP contribution in [0.15, 0.2) is 31.0 Å². The van der Waals surface area contributed by atoms with Crippen LogP contribution >= 0.6 is 0 Å². The molecule has 0 aliphatic rings. The van der Waals surface area contributed by atoms with Gasteiger partial charge in [0, 0.05) is 6.20 Å². The van der Waals surface area contributed by atoms with E-state index in [9.17, 15) is 10.1 Å². The highest BCUT2D eigenvalue weighted by Gasteiger charge is 2.22. The van der Waals surface area contributed by atoms with E-state index >= 15 is 0 Å². The zero-order valence-corrected chi connectivity index (χ0v) is 9.40. The molecular formula is C12H12N2O3. The molecule has 0 aliphatic heterocycles. The minimum Gasteiger partial charge on any atom is -0.490 e. The van der Waals surface area contributed by atoms with Gasteiger partial charge in [-0.05, 0) is 24.1 Å². The summed E-state index contributed by atoms with van der Waals surface area (Å²) < 4.78 is 5.04. The zero-order valence-electron chi connectivity index (χ0n) is 9.40. The number of nitro groups is 1. The van der Waals surface area contributed by atoms with Gasteiger partial charge in [0.1, 0.15) is 0 Å². The Balaban J connectivity index is 2.80. The summed E-state index contributed by atoms with van der Waals surface area (Å²) in [5, 5.41) is 11.7. The molecule has 0 radical (unpaired) electrons. The van der Waals surface area contributed by atoms with E-state index in [2.05, 4.69) is 11.6 Å². The number of benzene rings is 1. The molecule has 0 unspecified atom stereocenters. The molecule has 0 bridgehead atoms. The quantitative estimate of drug-likeness (QED) is 0.500. The average Bonchev–Trinajstić information content (AvgIpc) is 2.71. The summed E-state index contributed by atoms with van der Waals surface area (Å²) in [4.78, 5) is 13.7. The number of allylic oxidation sites excluding steroid dienone is 1. The maximum atomic E-state index is 11.1. The van der Waals surface area contributed by atoms with Crippen LogP contribution in [0.3, 0.4) is 0 Å². The number of nitrogens with zero attached hydrogens (tertiary/aromatic N) is 1. The average molecular weight is 232 g/mol. The summed E-state index contributed by atoms with van der Waals surface area (Å²) >= 11 is 0. The van der Waals surface area contributed by atoms with E-state index in [1.54, 1.807) is 24.4 Å². The number of aromatic nitrogens is 1. The fourth-order valence-electron chi connectivity index (χ4n) is 1.92. The second-order valence-electron chi connectivity index (χ2n) is 3.60. The highest BCUT2D eigenvalue weighted by atomic mass is 16.6. The summed E-state index contributed by atoms with van der Waals surface area (Å²) in [5.74, 6) is 0.271. The summed E-state index contributed by atoms with van der Waals surface area (Å²) in [6, 6.07) is 3.36. The van der Waals surface area contributed by atoms with Gasteiger partial charge in [0.2, 0.25) is 0 Å². The maximum absolute atomic E-state index is 11.1. The Morgan fingerprint density at radius 1 is 1.59 bits per heavy atom. The second kappa shape index (κ2) is 4.29. The second-order valence-corrected chi connectivity index (χ2v) is 3.60. The van der Waals surface area contributed by atoms with Crippen molar-refractivity contribution < 1.29 is 9.66 Å². The van der Waals surface area contributed by atoms with E-state index < -0.39 is 4.92 Å². The minimum atomic E-state index is -0.415. The van der Waals surface area contributed by atoms with Gasteiger partial charge < -0.3 is 9.72 Å². The Kier molecular flexibility index (Phi) is 2.82. The molecule has 1 N–H and O–H groups in total. The molecule has 0 aliphatic carbocycles. The van der Waals surface area contributed by atoms with Crippen LogP contribution in [-0.2, 0) is 6.42 Å². The van der Waals surface area contributed by atoms with Gasteiger partial charge in [-0.2, -0.15) is 0 Å². The van der Waals surface area contributed by atoms with Gasteiger partial charge in [0.05, 0.1) is 22.9 Å². The molecule has 0 saturated carbocycles. The number of methoxy groups -OCH3 is 1. The van der Waals surface area contributed by atoms with Gasteiger partial charge in [0.25, 0.3) is 0 Å². The number of ether oxygens (including phenoxy) is 1. The van der Waals surface area contributed by atoms with Crippen LogP contribution in [0.2, 0.25) is 0 Å². The molecule has 2 rings (SSSR count). The van der Waals surface area contributed by atoms with Crippen LogP contribution in [-0.4, -0.2) is 17.0 Å². The summed E-state index contributed by atoms with van der Waals surface area (Å²) in [6.07, 6.45) is 4.05. The van der Waals surface area contributed by atoms with Crippen molar-refractivity contribution >= 4 is 16.6 Å². The fourth-order valence-corrected chi connectivity index (χ4v) is 1.92. The molecule has 88 valence electrons. The molecular weight excluding hydrogens is 220 g/mol. The molecule has 0 spiro atoms. The first kappa shape index (κ1) is 11.2. The summed E-state index contributed by atoms with van der Waals surface area (Å²) in [5.41, 5.74) is 1.58. The SMILES string of the molecule is C=CCc1c[nH]c2ccc(OC)c([N+](=O)[O-])c12.